The molecular weight excluding hydrogens is 542 g/mol. The van der Waals surface area contributed by atoms with Crippen molar-refractivity contribution >= 4 is 39.3 Å². The maximum Gasteiger partial charge on any atom is 0.250 e. The molecular formula is C26H23BrClN7O. The number of aryl methyl sites for hydroxylation is 1. The number of hydrogen-bond donors (Lipinski definition) is 0. The van der Waals surface area contributed by atoms with Crippen molar-refractivity contribution in [2.75, 3.05) is 0 Å². The summed E-state index contributed by atoms with van der Waals surface area (Å²) in [5.41, 5.74) is 3.44. The zero-order valence-electron chi connectivity index (χ0n) is 19.9. The Balaban J connectivity index is 1.54. The van der Waals surface area contributed by atoms with Crippen LogP contribution in [0, 0.1) is 6.92 Å². The average molecular weight is 565 g/mol. The van der Waals surface area contributed by atoms with E-state index in [4.69, 9.17) is 16.0 Å². The van der Waals surface area contributed by atoms with Crippen LogP contribution in [0.5, 0.6) is 0 Å². The van der Waals surface area contributed by atoms with Gasteiger partial charge in [0.05, 0.1) is 16.3 Å². The lowest BCUT2D eigenvalue weighted by Crippen LogP contribution is -2.13. The standard InChI is InChI=1S/C26H23BrClN7O/c1-15-13-20(27)19(14-30-15)26-34-33-25(36-26)17(3)16(2)23-31-32-24(18-7-6-11-29-12-10-18)35(23)22-9-5-4-8-21(22)28/h4-6,8-14,16-17H,7H2,1-3H3. The summed E-state index contributed by atoms with van der Waals surface area (Å²) in [6.07, 6.45) is 9.88. The van der Waals surface area contributed by atoms with Crippen LogP contribution in [0.4, 0.5) is 0 Å². The highest BCUT2D eigenvalue weighted by atomic mass is 79.9. The average Bonchev–Trinajstić information content (AvgIpc) is 3.44. The summed E-state index contributed by atoms with van der Waals surface area (Å²) in [5.74, 6) is 2.11. The molecule has 2 unspecified atom stereocenters. The molecule has 0 saturated heterocycles. The van der Waals surface area contributed by atoms with Crippen LogP contribution in [0.1, 0.15) is 55.3 Å². The van der Waals surface area contributed by atoms with E-state index in [2.05, 4.69) is 53.2 Å². The number of rotatable bonds is 6. The highest BCUT2D eigenvalue weighted by Crippen LogP contribution is 2.37. The number of para-hydroxylation sites is 1. The maximum absolute atomic E-state index is 6.64. The number of allylic oxidation sites excluding steroid dienone is 3. The van der Waals surface area contributed by atoms with Gasteiger partial charge in [-0.05, 0) is 53.5 Å². The van der Waals surface area contributed by atoms with E-state index < -0.39 is 0 Å². The second-order valence-electron chi connectivity index (χ2n) is 8.58. The predicted octanol–water partition coefficient (Wildman–Crippen LogP) is 6.72. The number of halogens is 2. The van der Waals surface area contributed by atoms with Crippen LogP contribution < -0.4 is 0 Å². The van der Waals surface area contributed by atoms with Crippen LogP contribution in [0.15, 0.2) is 68.8 Å². The van der Waals surface area contributed by atoms with Gasteiger partial charge in [0.2, 0.25) is 11.8 Å². The van der Waals surface area contributed by atoms with E-state index in [9.17, 15) is 0 Å². The molecule has 0 bridgehead atoms. The fourth-order valence-corrected chi connectivity index (χ4v) is 4.80. The Morgan fingerprint density at radius 1 is 1.08 bits per heavy atom. The molecule has 10 heteroatoms. The van der Waals surface area contributed by atoms with E-state index in [1.54, 1.807) is 18.6 Å². The second-order valence-corrected chi connectivity index (χ2v) is 9.84. The van der Waals surface area contributed by atoms with Gasteiger partial charge in [-0.2, -0.15) is 0 Å². The molecule has 0 N–H and O–H groups in total. The third-order valence-corrected chi connectivity index (χ3v) is 7.14. The van der Waals surface area contributed by atoms with Crippen LogP contribution >= 0.6 is 27.5 Å². The number of hydrogen-bond acceptors (Lipinski definition) is 7. The van der Waals surface area contributed by atoms with Gasteiger partial charge < -0.3 is 4.42 Å². The van der Waals surface area contributed by atoms with Gasteiger partial charge in [0, 0.05) is 46.2 Å². The fourth-order valence-electron chi connectivity index (χ4n) is 3.98. The SMILES string of the molecule is Cc1cc(Br)c(-c2nnc(C(C)C(C)c3nnc(C4=CC=NC=CC4)n3-c3ccccc3Cl)o2)cn1. The van der Waals surface area contributed by atoms with Crippen molar-refractivity contribution in [3.8, 4) is 17.1 Å². The highest BCUT2D eigenvalue weighted by molar-refractivity contribution is 9.10. The van der Waals surface area contributed by atoms with Gasteiger partial charge in [-0.1, -0.05) is 43.7 Å². The van der Waals surface area contributed by atoms with E-state index in [1.807, 2.05) is 60.9 Å². The molecule has 3 aromatic heterocycles. The zero-order chi connectivity index (χ0) is 25.2. The fraction of sp³-hybridized carbons (Fsp3) is 0.231. The summed E-state index contributed by atoms with van der Waals surface area (Å²) >= 11 is 10.2. The van der Waals surface area contributed by atoms with Crippen LogP contribution in [-0.2, 0) is 0 Å². The summed E-state index contributed by atoms with van der Waals surface area (Å²) in [6, 6.07) is 9.59. The molecule has 1 aromatic carbocycles. The maximum atomic E-state index is 6.64. The molecule has 182 valence electrons. The van der Waals surface area contributed by atoms with Gasteiger partial charge in [-0.3, -0.25) is 14.5 Å². The van der Waals surface area contributed by atoms with Crippen molar-refractivity contribution in [1.82, 2.24) is 29.9 Å². The molecule has 1 aliphatic rings. The van der Waals surface area contributed by atoms with Crippen molar-refractivity contribution in [2.24, 2.45) is 4.99 Å². The van der Waals surface area contributed by atoms with Gasteiger partial charge >= 0.3 is 0 Å². The number of nitrogens with zero attached hydrogens (tertiary/aromatic N) is 7. The van der Waals surface area contributed by atoms with Gasteiger partial charge in [0.25, 0.3) is 0 Å². The monoisotopic (exact) mass is 563 g/mol. The van der Waals surface area contributed by atoms with E-state index in [-0.39, 0.29) is 11.8 Å². The Bertz CT molecular complexity index is 1500. The molecule has 0 amide bonds. The largest absolute Gasteiger partial charge is 0.420 e. The Labute approximate surface area is 222 Å². The normalized spacial score (nSPS) is 15.0. The van der Waals surface area contributed by atoms with Crippen LogP contribution in [0.2, 0.25) is 5.02 Å². The first kappa shape index (κ1) is 24.3. The van der Waals surface area contributed by atoms with Gasteiger partial charge in [0.15, 0.2) is 5.82 Å². The lowest BCUT2D eigenvalue weighted by Gasteiger charge is -2.19. The molecule has 0 fully saturated rings. The van der Waals surface area contributed by atoms with Gasteiger partial charge in [-0.15, -0.1) is 20.4 Å². The third kappa shape index (κ3) is 4.68. The summed E-state index contributed by atoms with van der Waals surface area (Å²) < 4.78 is 8.95. The van der Waals surface area contributed by atoms with E-state index >= 15 is 0 Å². The number of pyridine rings is 1. The second kappa shape index (κ2) is 10.3. The minimum atomic E-state index is -0.147. The Hall–Kier alpha value is -3.43. The predicted molar refractivity (Wildman–Crippen MR) is 143 cm³/mol. The molecule has 4 heterocycles. The lowest BCUT2D eigenvalue weighted by atomic mass is 9.94. The summed E-state index contributed by atoms with van der Waals surface area (Å²) in [7, 11) is 0. The first-order chi connectivity index (χ1) is 17.4. The van der Waals surface area contributed by atoms with Crippen molar-refractivity contribution in [1.29, 1.82) is 0 Å². The zero-order valence-corrected chi connectivity index (χ0v) is 22.3. The quantitative estimate of drug-likeness (QED) is 0.258. The molecule has 36 heavy (non-hydrogen) atoms. The summed E-state index contributed by atoms with van der Waals surface area (Å²) in [5, 5.41) is 18.4. The molecule has 1 aliphatic heterocycles. The first-order valence-electron chi connectivity index (χ1n) is 11.5. The Kier molecular flexibility index (Phi) is 6.93. The summed E-state index contributed by atoms with van der Waals surface area (Å²) in [4.78, 5) is 8.56. The molecule has 8 nitrogen and oxygen atoms in total. The molecule has 2 atom stereocenters. The summed E-state index contributed by atoms with van der Waals surface area (Å²) in [6.45, 7) is 6.03. The van der Waals surface area contributed by atoms with Crippen LogP contribution in [-0.4, -0.2) is 36.2 Å². The van der Waals surface area contributed by atoms with Crippen molar-refractivity contribution in [2.45, 2.75) is 39.0 Å². The molecule has 0 aliphatic carbocycles. The smallest absolute Gasteiger partial charge is 0.250 e. The topological polar surface area (TPSA) is 94.9 Å². The van der Waals surface area contributed by atoms with Crippen LogP contribution in [0.3, 0.4) is 0 Å². The Morgan fingerprint density at radius 3 is 2.72 bits per heavy atom. The van der Waals surface area contributed by atoms with Gasteiger partial charge in [-0.25, -0.2) is 0 Å². The van der Waals surface area contributed by atoms with Crippen molar-refractivity contribution in [3.63, 3.8) is 0 Å². The molecule has 5 rings (SSSR count). The van der Waals surface area contributed by atoms with Crippen molar-refractivity contribution in [3.05, 3.63) is 87.6 Å². The van der Waals surface area contributed by atoms with E-state index in [1.165, 1.54) is 0 Å². The first-order valence-corrected chi connectivity index (χ1v) is 12.6. The minimum absolute atomic E-state index is 0.119. The lowest BCUT2D eigenvalue weighted by molar-refractivity contribution is 0.428. The molecule has 4 aromatic rings. The van der Waals surface area contributed by atoms with Crippen LogP contribution in [0.25, 0.3) is 22.7 Å². The Morgan fingerprint density at radius 2 is 1.92 bits per heavy atom. The number of aromatic nitrogens is 6. The van der Waals surface area contributed by atoms with Crippen molar-refractivity contribution < 1.29 is 4.42 Å². The van der Waals surface area contributed by atoms with E-state index in [0.717, 1.165) is 38.6 Å². The molecule has 0 radical (unpaired) electrons. The third-order valence-electron chi connectivity index (χ3n) is 6.17. The minimum Gasteiger partial charge on any atom is -0.420 e. The number of aliphatic imine (C=N–C) groups is 1. The highest BCUT2D eigenvalue weighted by Gasteiger charge is 2.29. The molecule has 0 spiro atoms. The molecule has 0 saturated carbocycles. The van der Waals surface area contributed by atoms with E-state index in [0.29, 0.717) is 23.2 Å². The van der Waals surface area contributed by atoms with Gasteiger partial charge in [0.1, 0.15) is 5.82 Å². The number of benzene rings is 1.